The fourth-order valence-electron chi connectivity index (χ4n) is 1.71. The summed E-state index contributed by atoms with van der Waals surface area (Å²) in [6.07, 6.45) is 0. The number of carbonyl (C=O) groups is 1. The van der Waals surface area contributed by atoms with Crippen molar-refractivity contribution in [3.8, 4) is 0 Å². The van der Waals surface area contributed by atoms with E-state index in [0.717, 1.165) is 0 Å². The molecule has 23 heavy (non-hydrogen) atoms. The van der Waals surface area contributed by atoms with E-state index in [9.17, 15) is 4.79 Å². The minimum Gasteiger partial charge on any atom is -0.319 e. The van der Waals surface area contributed by atoms with Crippen LogP contribution in [0.4, 0.5) is 11.4 Å². The summed E-state index contributed by atoms with van der Waals surface area (Å²) in [5, 5.41) is 15.1. The second-order valence-corrected chi connectivity index (χ2v) is 5.49. The van der Waals surface area contributed by atoms with Gasteiger partial charge in [0.1, 0.15) is 0 Å². The average Bonchev–Trinajstić information content (AvgIpc) is 2.52. The Labute approximate surface area is 143 Å². The molecular formula is C16H14Cl2N4O. The number of hydrogen-bond acceptors (Lipinski definition) is 4. The number of nitrogens with zero attached hydrogens (tertiary/aromatic N) is 1. The quantitative estimate of drug-likeness (QED) is 0.551. The van der Waals surface area contributed by atoms with Gasteiger partial charge in [0.25, 0.3) is 5.91 Å². The lowest BCUT2D eigenvalue weighted by atomic mass is 10.2. The highest BCUT2D eigenvalue weighted by Gasteiger charge is 2.16. The fraction of sp³-hybridized carbons (Fsp3) is 0.0625. The number of carbonyl (C=O) groups excluding carboxylic acids is 1. The topological polar surface area (TPSA) is 77.3 Å². The van der Waals surface area contributed by atoms with E-state index in [1.165, 1.54) is 13.0 Å². The Morgan fingerprint density at radius 1 is 1.13 bits per heavy atom. The highest BCUT2D eigenvalue weighted by molar-refractivity contribution is 6.68. The van der Waals surface area contributed by atoms with E-state index in [1.54, 1.807) is 24.3 Å². The Kier molecular flexibility index (Phi) is 5.73. The van der Waals surface area contributed by atoms with E-state index in [4.69, 9.17) is 28.6 Å². The average molecular weight is 349 g/mol. The number of hydrogen-bond donors (Lipinski definition) is 3. The Hall–Kier alpha value is -2.37. The largest absolute Gasteiger partial charge is 0.319 e. The standard InChI is InChI=1S/C16H14Cl2N4O/c1-10(19)15(22-21-12-5-3-2-4-6-12)16(23)20-14-9-11(17)7-8-13(14)18/h2-9,19,21H,1H3,(H,20,23). The van der Waals surface area contributed by atoms with E-state index < -0.39 is 5.91 Å². The summed E-state index contributed by atoms with van der Waals surface area (Å²) >= 11 is 11.9. The minimum atomic E-state index is -0.551. The van der Waals surface area contributed by atoms with Crippen molar-refractivity contribution in [1.82, 2.24) is 0 Å². The maximum absolute atomic E-state index is 12.3. The lowest BCUT2D eigenvalue weighted by Gasteiger charge is -2.09. The molecule has 0 heterocycles. The molecule has 0 saturated heterocycles. The van der Waals surface area contributed by atoms with Crippen LogP contribution in [0.3, 0.4) is 0 Å². The summed E-state index contributed by atoms with van der Waals surface area (Å²) in [5.74, 6) is -0.551. The molecule has 5 nitrogen and oxygen atoms in total. The molecule has 0 atom stereocenters. The van der Waals surface area contributed by atoms with Gasteiger partial charge in [0.15, 0.2) is 5.71 Å². The SMILES string of the molecule is CC(=N)C(=NNc1ccccc1)C(=O)Nc1cc(Cl)ccc1Cl. The van der Waals surface area contributed by atoms with Crippen molar-refractivity contribution < 1.29 is 4.79 Å². The van der Waals surface area contributed by atoms with Crippen LogP contribution in [0.15, 0.2) is 53.6 Å². The second kappa shape index (κ2) is 7.76. The number of halogens is 2. The van der Waals surface area contributed by atoms with Crippen molar-refractivity contribution in [2.24, 2.45) is 5.10 Å². The molecule has 0 saturated carbocycles. The van der Waals surface area contributed by atoms with Crippen LogP contribution in [-0.2, 0) is 4.79 Å². The molecule has 0 aliphatic carbocycles. The first-order valence-electron chi connectivity index (χ1n) is 6.68. The molecule has 0 radical (unpaired) electrons. The van der Waals surface area contributed by atoms with Crippen molar-refractivity contribution in [3.63, 3.8) is 0 Å². The van der Waals surface area contributed by atoms with Crippen molar-refractivity contribution >= 4 is 51.9 Å². The Balaban J connectivity index is 2.18. The van der Waals surface area contributed by atoms with E-state index >= 15 is 0 Å². The maximum atomic E-state index is 12.3. The fourth-order valence-corrected chi connectivity index (χ4v) is 2.05. The van der Waals surface area contributed by atoms with E-state index in [2.05, 4.69) is 15.8 Å². The van der Waals surface area contributed by atoms with Gasteiger partial charge >= 0.3 is 0 Å². The lowest BCUT2D eigenvalue weighted by molar-refractivity contribution is -0.110. The van der Waals surface area contributed by atoms with Crippen LogP contribution < -0.4 is 10.7 Å². The first kappa shape index (κ1) is 17.0. The van der Waals surface area contributed by atoms with Gasteiger partial charge in [-0.25, -0.2) is 0 Å². The molecular weight excluding hydrogens is 335 g/mol. The van der Waals surface area contributed by atoms with Gasteiger partial charge in [0.05, 0.1) is 22.1 Å². The van der Waals surface area contributed by atoms with Crippen molar-refractivity contribution in [3.05, 3.63) is 58.6 Å². The number of anilines is 2. The van der Waals surface area contributed by atoms with Gasteiger partial charge < -0.3 is 10.7 Å². The van der Waals surface area contributed by atoms with Crippen LogP contribution in [0, 0.1) is 5.41 Å². The van der Waals surface area contributed by atoms with Gasteiger partial charge in [-0.2, -0.15) is 5.10 Å². The summed E-state index contributed by atoms with van der Waals surface area (Å²) in [4.78, 5) is 12.3. The molecule has 0 fully saturated rings. The third-order valence-electron chi connectivity index (χ3n) is 2.82. The molecule has 0 aromatic heterocycles. The van der Waals surface area contributed by atoms with Gasteiger partial charge in [-0.15, -0.1) is 0 Å². The highest BCUT2D eigenvalue weighted by atomic mass is 35.5. The van der Waals surface area contributed by atoms with Crippen LogP contribution in [-0.4, -0.2) is 17.3 Å². The van der Waals surface area contributed by atoms with Crippen LogP contribution in [0.2, 0.25) is 10.0 Å². The molecule has 118 valence electrons. The molecule has 1 amide bonds. The van der Waals surface area contributed by atoms with Crippen LogP contribution in [0.5, 0.6) is 0 Å². The number of nitrogens with one attached hydrogen (secondary N) is 3. The monoisotopic (exact) mass is 348 g/mol. The summed E-state index contributed by atoms with van der Waals surface area (Å²) in [6, 6.07) is 13.9. The molecule has 0 spiro atoms. The number of rotatable bonds is 5. The summed E-state index contributed by atoms with van der Waals surface area (Å²) in [6.45, 7) is 1.48. The van der Waals surface area contributed by atoms with Gasteiger partial charge in [0, 0.05) is 5.02 Å². The molecule has 0 bridgehead atoms. The van der Waals surface area contributed by atoms with Gasteiger partial charge in [-0.3, -0.25) is 10.2 Å². The first-order chi connectivity index (χ1) is 11.0. The van der Waals surface area contributed by atoms with E-state index in [1.807, 2.05) is 18.2 Å². The molecule has 2 rings (SSSR count). The van der Waals surface area contributed by atoms with Crippen LogP contribution >= 0.6 is 23.2 Å². The third kappa shape index (κ3) is 4.81. The minimum absolute atomic E-state index is 0.0177. The Morgan fingerprint density at radius 2 is 1.83 bits per heavy atom. The molecule has 0 aliphatic heterocycles. The summed E-state index contributed by atoms with van der Waals surface area (Å²) in [7, 11) is 0. The van der Waals surface area contributed by atoms with Crippen LogP contribution in [0.25, 0.3) is 0 Å². The molecule has 0 unspecified atom stereocenters. The van der Waals surface area contributed by atoms with Crippen molar-refractivity contribution in [1.29, 1.82) is 5.41 Å². The van der Waals surface area contributed by atoms with Gasteiger partial charge in [-0.1, -0.05) is 41.4 Å². The van der Waals surface area contributed by atoms with E-state index in [0.29, 0.717) is 21.4 Å². The number of para-hydroxylation sites is 1. The van der Waals surface area contributed by atoms with Crippen LogP contribution in [0.1, 0.15) is 6.92 Å². The third-order valence-corrected chi connectivity index (χ3v) is 3.38. The predicted molar refractivity (Wildman–Crippen MR) is 96.0 cm³/mol. The maximum Gasteiger partial charge on any atom is 0.278 e. The van der Waals surface area contributed by atoms with Crippen molar-refractivity contribution in [2.45, 2.75) is 6.92 Å². The second-order valence-electron chi connectivity index (χ2n) is 4.64. The van der Waals surface area contributed by atoms with Gasteiger partial charge in [-0.05, 0) is 37.3 Å². The first-order valence-corrected chi connectivity index (χ1v) is 7.43. The number of benzene rings is 2. The molecule has 2 aromatic carbocycles. The number of hydrazone groups is 1. The lowest BCUT2D eigenvalue weighted by Crippen LogP contribution is -2.29. The number of amides is 1. The Bertz CT molecular complexity index is 760. The van der Waals surface area contributed by atoms with Crippen molar-refractivity contribution in [2.75, 3.05) is 10.7 Å². The Morgan fingerprint density at radius 3 is 2.48 bits per heavy atom. The summed E-state index contributed by atoms with van der Waals surface area (Å²) < 4.78 is 0. The zero-order chi connectivity index (χ0) is 16.8. The smallest absolute Gasteiger partial charge is 0.278 e. The zero-order valence-corrected chi connectivity index (χ0v) is 13.7. The normalized spacial score (nSPS) is 11.0. The van der Waals surface area contributed by atoms with E-state index in [-0.39, 0.29) is 11.4 Å². The molecule has 2 aromatic rings. The highest BCUT2D eigenvalue weighted by Crippen LogP contribution is 2.25. The predicted octanol–water partition coefficient (Wildman–Crippen LogP) is 4.44. The molecule has 0 aliphatic rings. The zero-order valence-electron chi connectivity index (χ0n) is 12.2. The molecule has 7 heteroatoms. The summed E-state index contributed by atoms with van der Waals surface area (Å²) in [5.41, 5.74) is 3.78. The van der Waals surface area contributed by atoms with Gasteiger partial charge in [0.2, 0.25) is 0 Å². The molecule has 3 N–H and O–H groups in total.